The Hall–Kier alpha value is -0.320. The standard InChI is InChI=1S/C7H13NO6S3/c1-16(11,12)6-4-15-3-2-8(6)17(13,14)5-7(9)10/h6H,2-5H2,1H3,(H,9,10). The van der Waals surface area contributed by atoms with Gasteiger partial charge in [-0.1, -0.05) is 0 Å². The monoisotopic (exact) mass is 303 g/mol. The zero-order chi connectivity index (χ0) is 13.3. The number of hydrogen-bond donors (Lipinski definition) is 1. The van der Waals surface area contributed by atoms with E-state index in [1.165, 1.54) is 11.8 Å². The smallest absolute Gasteiger partial charge is 0.320 e. The molecule has 1 heterocycles. The topological polar surface area (TPSA) is 109 Å². The number of carboxylic acids is 1. The Morgan fingerprint density at radius 2 is 2.00 bits per heavy atom. The maximum Gasteiger partial charge on any atom is 0.320 e. The highest BCUT2D eigenvalue weighted by Crippen LogP contribution is 2.23. The lowest BCUT2D eigenvalue weighted by Gasteiger charge is -2.32. The molecule has 17 heavy (non-hydrogen) atoms. The van der Waals surface area contributed by atoms with Crippen LogP contribution in [0.1, 0.15) is 0 Å². The van der Waals surface area contributed by atoms with Gasteiger partial charge in [0.15, 0.2) is 15.6 Å². The van der Waals surface area contributed by atoms with E-state index in [1.807, 2.05) is 0 Å². The SMILES string of the molecule is CS(=O)(=O)C1CSCCN1S(=O)(=O)CC(=O)O. The van der Waals surface area contributed by atoms with Crippen LogP contribution in [0.3, 0.4) is 0 Å². The summed E-state index contributed by atoms with van der Waals surface area (Å²) in [7, 11) is -7.63. The van der Waals surface area contributed by atoms with E-state index in [4.69, 9.17) is 5.11 Å². The minimum atomic E-state index is -4.07. The van der Waals surface area contributed by atoms with Crippen LogP contribution in [0.5, 0.6) is 0 Å². The molecule has 1 aliphatic heterocycles. The summed E-state index contributed by atoms with van der Waals surface area (Å²) in [5.41, 5.74) is 0. The van der Waals surface area contributed by atoms with Gasteiger partial charge in [-0.3, -0.25) is 4.79 Å². The molecule has 100 valence electrons. The summed E-state index contributed by atoms with van der Waals surface area (Å²) < 4.78 is 47.2. The first-order valence-electron chi connectivity index (χ1n) is 4.62. The Bertz CT molecular complexity index is 496. The van der Waals surface area contributed by atoms with E-state index in [-0.39, 0.29) is 12.3 Å². The van der Waals surface area contributed by atoms with Crippen LogP contribution < -0.4 is 0 Å². The number of rotatable bonds is 4. The van der Waals surface area contributed by atoms with Gasteiger partial charge in [0.25, 0.3) is 0 Å². The van der Waals surface area contributed by atoms with Crippen LogP contribution in [0.2, 0.25) is 0 Å². The minimum Gasteiger partial charge on any atom is -0.480 e. The molecular weight excluding hydrogens is 290 g/mol. The van der Waals surface area contributed by atoms with Gasteiger partial charge in [-0.25, -0.2) is 16.8 Å². The molecule has 1 aliphatic rings. The molecule has 7 nitrogen and oxygen atoms in total. The Morgan fingerprint density at radius 1 is 1.41 bits per heavy atom. The number of sulfonamides is 1. The highest BCUT2D eigenvalue weighted by atomic mass is 32.2. The minimum absolute atomic E-state index is 0.0258. The second-order valence-electron chi connectivity index (χ2n) is 3.62. The van der Waals surface area contributed by atoms with Crippen molar-refractivity contribution in [3.05, 3.63) is 0 Å². The fraction of sp³-hybridized carbons (Fsp3) is 0.857. The summed E-state index contributed by atoms with van der Waals surface area (Å²) in [5, 5.41) is 7.35. The number of thioether (sulfide) groups is 1. The quantitative estimate of drug-likeness (QED) is 0.696. The molecule has 0 aromatic rings. The summed E-state index contributed by atoms with van der Waals surface area (Å²) in [5.74, 6) is -1.97. The van der Waals surface area contributed by atoms with Gasteiger partial charge in [0.1, 0.15) is 5.37 Å². The largest absolute Gasteiger partial charge is 0.480 e. The van der Waals surface area contributed by atoms with Gasteiger partial charge in [-0.2, -0.15) is 16.1 Å². The molecule has 1 atom stereocenters. The number of nitrogens with zero attached hydrogens (tertiary/aromatic N) is 1. The molecule has 0 aliphatic carbocycles. The van der Waals surface area contributed by atoms with Crippen LogP contribution >= 0.6 is 11.8 Å². The zero-order valence-corrected chi connectivity index (χ0v) is 11.5. The van der Waals surface area contributed by atoms with Crippen molar-refractivity contribution in [3.63, 3.8) is 0 Å². The molecule has 0 saturated carbocycles. The maximum atomic E-state index is 11.7. The van der Waals surface area contributed by atoms with Gasteiger partial charge >= 0.3 is 5.97 Å². The zero-order valence-electron chi connectivity index (χ0n) is 9.07. The van der Waals surface area contributed by atoms with E-state index in [1.54, 1.807) is 0 Å². The van der Waals surface area contributed by atoms with E-state index in [0.29, 0.717) is 5.75 Å². The van der Waals surface area contributed by atoms with Gasteiger partial charge in [0.05, 0.1) is 0 Å². The van der Waals surface area contributed by atoms with Crippen molar-refractivity contribution in [1.29, 1.82) is 0 Å². The molecule has 0 aromatic carbocycles. The van der Waals surface area contributed by atoms with E-state index in [9.17, 15) is 21.6 Å². The van der Waals surface area contributed by atoms with Crippen molar-refractivity contribution in [3.8, 4) is 0 Å². The van der Waals surface area contributed by atoms with Crippen LogP contribution in [-0.2, 0) is 24.7 Å². The number of hydrogen-bond acceptors (Lipinski definition) is 6. The number of carbonyl (C=O) groups is 1. The predicted molar refractivity (Wildman–Crippen MR) is 64.1 cm³/mol. The highest BCUT2D eigenvalue weighted by Gasteiger charge is 2.39. The molecule has 0 spiro atoms. The summed E-state index contributed by atoms with van der Waals surface area (Å²) in [4.78, 5) is 10.5. The highest BCUT2D eigenvalue weighted by molar-refractivity contribution is 8.01. The van der Waals surface area contributed by atoms with E-state index in [0.717, 1.165) is 10.6 Å². The molecule has 0 aromatic heterocycles. The second-order valence-corrected chi connectivity index (χ2v) is 8.89. The fourth-order valence-electron chi connectivity index (χ4n) is 1.46. The van der Waals surface area contributed by atoms with Crippen molar-refractivity contribution >= 4 is 37.6 Å². The van der Waals surface area contributed by atoms with Crippen LogP contribution in [0.4, 0.5) is 0 Å². The first kappa shape index (κ1) is 14.7. The summed E-state index contributed by atoms with van der Waals surface area (Å²) in [6.45, 7) is 0.0258. The van der Waals surface area contributed by atoms with Gasteiger partial charge in [-0.05, 0) is 0 Å². The van der Waals surface area contributed by atoms with Crippen molar-refractivity contribution in [2.24, 2.45) is 0 Å². The third-order valence-corrected chi connectivity index (χ3v) is 6.74. The normalized spacial score (nSPS) is 23.5. The third kappa shape index (κ3) is 3.83. The Morgan fingerprint density at radius 3 is 2.47 bits per heavy atom. The average molecular weight is 303 g/mol. The Labute approximate surface area is 104 Å². The van der Waals surface area contributed by atoms with Crippen LogP contribution in [0.15, 0.2) is 0 Å². The summed E-state index contributed by atoms with van der Waals surface area (Å²) in [6.07, 6.45) is 0.951. The van der Waals surface area contributed by atoms with Crippen LogP contribution in [0.25, 0.3) is 0 Å². The molecule has 10 heteroatoms. The number of carboxylic acid groups (broad SMARTS) is 1. The molecule has 0 radical (unpaired) electrons. The lowest BCUT2D eigenvalue weighted by Crippen LogP contribution is -2.51. The van der Waals surface area contributed by atoms with E-state index >= 15 is 0 Å². The van der Waals surface area contributed by atoms with Gasteiger partial charge in [0, 0.05) is 24.3 Å². The average Bonchev–Trinajstić information content (AvgIpc) is 2.14. The van der Waals surface area contributed by atoms with E-state index < -0.39 is 37.0 Å². The molecule has 1 rings (SSSR count). The molecule has 0 bridgehead atoms. The first-order valence-corrected chi connectivity index (χ1v) is 9.34. The van der Waals surface area contributed by atoms with Crippen LogP contribution in [-0.4, -0.2) is 67.6 Å². The molecular formula is C7H13NO6S3. The molecule has 0 amide bonds. The second kappa shape index (κ2) is 5.12. The number of aliphatic carboxylic acids is 1. The van der Waals surface area contributed by atoms with Gasteiger partial charge in [-0.15, -0.1) is 0 Å². The summed E-state index contributed by atoms with van der Waals surface area (Å²) >= 11 is 1.34. The summed E-state index contributed by atoms with van der Waals surface area (Å²) in [6, 6.07) is 0. The predicted octanol–water partition coefficient (Wildman–Crippen LogP) is -1.18. The first-order chi connectivity index (χ1) is 7.64. The lowest BCUT2D eigenvalue weighted by molar-refractivity contribution is -0.134. The Balaban J connectivity index is 3.05. The van der Waals surface area contributed by atoms with Gasteiger partial charge in [0.2, 0.25) is 10.0 Å². The van der Waals surface area contributed by atoms with Gasteiger partial charge < -0.3 is 5.11 Å². The van der Waals surface area contributed by atoms with E-state index in [2.05, 4.69) is 0 Å². The fourth-order valence-corrected chi connectivity index (χ4v) is 6.50. The maximum absolute atomic E-state index is 11.7. The molecule has 1 N–H and O–H groups in total. The molecule has 1 unspecified atom stereocenters. The molecule has 1 saturated heterocycles. The van der Waals surface area contributed by atoms with Crippen LogP contribution in [0, 0.1) is 0 Å². The number of sulfone groups is 1. The van der Waals surface area contributed by atoms with Crippen molar-refractivity contribution in [2.45, 2.75) is 5.37 Å². The third-order valence-electron chi connectivity index (χ3n) is 2.20. The molecule has 1 fully saturated rings. The van der Waals surface area contributed by atoms with Crippen molar-refractivity contribution in [1.82, 2.24) is 4.31 Å². The Kier molecular flexibility index (Phi) is 4.44. The van der Waals surface area contributed by atoms with Crippen molar-refractivity contribution < 1.29 is 26.7 Å². The van der Waals surface area contributed by atoms with Crippen molar-refractivity contribution in [2.75, 3.05) is 30.1 Å². The lowest BCUT2D eigenvalue weighted by atomic mass is 10.6.